The van der Waals surface area contributed by atoms with Crippen LogP contribution in [0.4, 0.5) is 22.9 Å². The summed E-state index contributed by atoms with van der Waals surface area (Å²) in [6.45, 7) is 17.3. The van der Waals surface area contributed by atoms with Crippen molar-refractivity contribution in [3.63, 3.8) is 0 Å². The molecule has 6 aromatic rings. The molecule has 2 aliphatic heterocycles. The molecule has 2 saturated heterocycles. The van der Waals surface area contributed by atoms with Crippen LogP contribution >= 0.6 is 0 Å². The lowest BCUT2D eigenvalue weighted by Crippen LogP contribution is -2.38. The number of benzene rings is 4. The number of rotatable bonds is 12. The number of nitrogens with zero attached hydrogens (tertiary/aromatic N) is 8. The van der Waals surface area contributed by atoms with E-state index in [-0.39, 0.29) is 0 Å². The number of aromatic nitrogens is 4. The second-order valence-electron chi connectivity index (χ2n) is 17.2. The molecule has 10 rings (SSSR count). The highest BCUT2D eigenvalue weighted by molar-refractivity contribution is 5.93. The van der Waals surface area contributed by atoms with Crippen LogP contribution in [0.5, 0.6) is 0 Å². The Labute approximate surface area is 344 Å². The number of piperidine rings is 2. The van der Waals surface area contributed by atoms with Gasteiger partial charge in [0.15, 0.2) is 11.6 Å². The summed E-state index contributed by atoms with van der Waals surface area (Å²) in [5.74, 6) is 8.39. The molecule has 4 fully saturated rings. The summed E-state index contributed by atoms with van der Waals surface area (Å²) in [6.07, 6.45) is 7.22. The average Bonchev–Trinajstić information content (AvgIpc) is 4.21. The molecule has 0 bridgehead atoms. The third-order valence-corrected chi connectivity index (χ3v) is 14.4. The third kappa shape index (κ3) is 6.72. The fourth-order valence-corrected chi connectivity index (χ4v) is 11.1. The molecule has 0 spiro atoms. The van der Waals surface area contributed by atoms with Crippen LogP contribution < -0.4 is 19.6 Å². The number of fused-ring (bicyclic) bond motifs is 3. The van der Waals surface area contributed by atoms with E-state index >= 15 is 0 Å². The highest BCUT2D eigenvalue weighted by atomic mass is 15.2. The van der Waals surface area contributed by atoms with Gasteiger partial charge in [0, 0.05) is 97.5 Å². The van der Waals surface area contributed by atoms with Crippen molar-refractivity contribution in [2.45, 2.75) is 53.4 Å². The summed E-state index contributed by atoms with van der Waals surface area (Å²) in [4.78, 5) is 30.1. The molecule has 2 saturated carbocycles. The van der Waals surface area contributed by atoms with Crippen LogP contribution in [0.1, 0.15) is 53.4 Å². The molecule has 2 unspecified atom stereocenters. The van der Waals surface area contributed by atoms with E-state index in [9.17, 15) is 0 Å². The van der Waals surface area contributed by atoms with Crippen molar-refractivity contribution in [2.24, 2.45) is 35.5 Å². The molecule has 8 nitrogen and oxygen atoms in total. The minimum atomic E-state index is 0.798. The first-order valence-electron chi connectivity index (χ1n) is 22.3. The minimum absolute atomic E-state index is 0.798. The lowest BCUT2D eigenvalue weighted by Gasteiger charge is -2.38. The highest BCUT2D eigenvalue weighted by Gasteiger charge is 2.75. The Hall–Kier alpha value is -5.24. The molecule has 0 amide bonds. The van der Waals surface area contributed by atoms with Gasteiger partial charge in [-0.2, -0.15) is 0 Å². The van der Waals surface area contributed by atoms with Gasteiger partial charge in [-0.3, -0.25) is 0 Å². The van der Waals surface area contributed by atoms with Crippen molar-refractivity contribution in [3.8, 4) is 22.8 Å². The Morgan fingerprint density at radius 2 is 1.00 bits per heavy atom. The predicted molar refractivity (Wildman–Crippen MR) is 241 cm³/mol. The average molecular weight is 771 g/mol. The van der Waals surface area contributed by atoms with Crippen LogP contribution in [0.2, 0.25) is 0 Å². The monoisotopic (exact) mass is 770 g/mol. The van der Waals surface area contributed by atoms with Crippen molar-refractivity contribution in [1.29, 1.82) is 0 Å². The molecule has 4 aliphatic rings. The first-order chi connectivity index (χ1) is 28.6. The van der Waals surface area contributed by atoms with Gasteiger partial charge < -0.3 is 19.6 Å². The number of hydrogen-bond acceptors (Lipinski definition) is 8. The van der Waals surface area contributed by atoms with E-state index in [1.54, 1.807) is 0 Å². The predicted octanol–water partition coefficient (Wildman–Crippen LogP) is 10.2. The Morgan fingerprint density at radius 1 is 0.500 bits per heavy atom. The summed E-state index contributed by atoms with van der Waals surface area (Å²) >= 11 is 0. The molecular weight excluding hydrogens is 713 g/mol. The van der Waals surface area contributed by atoms with E-state index in [0.717, 1.165) is 127 Å². The Bertz CT molecular complexity index is 2360. The van der Waals surface area contributed by atoms with Gasteiger partial charge >= 0.3 is 0 Å². The maximum atomic E-state index is 5.25. The van der Waals surface area contributed by atoms with Crippen LogP contribution in [0.3, 0.4) is 0 Å². The summed E-state index contributed by atoms with van der Waals surface area (Å²) in [5, 5.41) is 2.34. The van der Waals surface area contributed by atoms with Gasteiger partial charge in [-0.1, -0.05) is 18.2 Å². The number of anilines is 4. The van der Waals surface area contributed by atoms with Crippen molar-refractivity contribution in [1.82, 2.24) is 19.9 Å². The molecule has 2 atom stereocenters. The van der Waals surface area contributed by atoms with Crippen LogP contribution in [0.15, 0.2) is 97.2 Å². The smallest absolute Gasteiger partial charge is 0.162 e. The van der Waals surface area contributed by atoms with Gasteiger partial charge in [0.1, 0.15) is 5.82 Å². The molecule has 298 valence electrons. The molecule has 4 heterocycles. The van der Waals surface area contributed by atoms with Crippen molar-refractivity contribution >= 4 is 44.7 Å². The van der Waals surface area contributed by atoms with Crippen molar-refractivity contribution < 1.29 is 0 Å². The Kier molecular flexibility index (Phi) is 9.90. The van der Waals surface area contributed by atoms with E-state index in [1.807, 2.05) is 0 Å². The van der Waals surface area contributed by atoms with Crippen LogP contribution in [-0.2, 0) is 0 Å². The maximum absolute atomic E-state index is 5.25. The molecule has 2 aromatic heterocycles. The molecule has 8 heteroatoms. The zero-order valence-electron chi connectivity index (χ0n) is 34.8. The van der Waals surface area contributed by atoms with Crippen molar-refractivity contribution in [3.05, 3.63) is 97.2 Å². The Morgan fingerprint density at radius 3 is 1.59 bits per heavy atom. The van der Waals surface area contributed by atoms with E-state index in [0.29, 0.717) is 0 Å². The molecule has 2 aliphatic carbocycles. The minimum Gasteiger partial charge on any atom is -0.372 e. The van der Waals surface area contributed by atoms with Gasteiger partial charge in [0.05, 0.1) is 11.0 Å². The van der Waals surface area contributed by atoms with E-state index in [1.165, 1.54) is 53.5 Å². The Balaban J connectivity index is 0.744. The lowest BCUT2D eigenvalue weighted by atomic mass is 9.78. The first-order valence-corrected chi connectivity index (χ1v) is 22.3. The second-order valence-corrected chi connectivity index (χ2v) is 17.2. The number of para-hydroxylation sites is 1. The van der Waals surface area contributed by atoms with Crippen molar-refractivity contribution in [2.75, 3.05) is 72.0 Å². The van der Waals surface area contributed by atoms with Gasteiger partial charge in [-0.15, -0.1) is 0 Å². The molecule has 0 N–H and O–H groups in total. The largest absolute Gasteiger partial charge is 0.372 e. The topological polar surface area (TPSA) is 64.5 Å². The SMILES string of the molecule is CCN(CC)c1ccc(-c2ncc3c(N4CCC(C5C6C(C7CCN(c8nc(-c9ccc(N(CC)CC)cc9)nc9ccccc89)CC7)C56)CC4)cccc3n2)cc1. The molecule has 0 radical (unpaired) electrons. The normalized spacial score (nSPS) is 22.0. The quantitative estimate of drug-likeness (QED) is 0.122. The second kappa shape index (κ2) is 15.5. The molecule has 58 heavy (non-hydrogen) atoms. The highest BCUT2D eigenvalue weighted by Crippen LogP contribution is 2.79. The third-order valence-electron chi connectivity index (χ3n) is 14.4. The van der Waals surface area contributed by atoms with E-state index in [2.05, 4.69) is 144 Å². The van der Waals surface area contributed by atoms with E-state index < -0.39 is 0 Å². The van der Waals surface area contributed by atoms with Gasteiger partial charge in [-0.05, 0) is 162 Å². The van der Waals surface area contributed by atoms with Crippen LogP contribution in [0, 0.1) is 35.5 Å². The summed E-state index contributed by atoms with van der Waals surface area (Å²) in [7, 11) is 0. The first kappa shape index (κ1) is 37.1. The molecule has 4 aromatic carbocycles. The fraction of sp³-hybridized carbons (Fsp3) is 0.440. The standard InChI is InChI=1S/C50H58N8/c1-5-55(6-2)37-20-16-35(17-21-37)48-51-32-40-42(52-48)14-11-15-43(40)57-28-24-33(25-29-57)44-46-45(47(44)46)34-26-30-58(31-27-34)50-39-12-9-10-13-41(39)53-49(54-50)36-18-22-38(23-19-36)56(7-3)8-4/h9-23,32-34,44-47H,5-8,24-31H2,1-4H3. The van der Waals surface area contributed by atoms with Gasteiger partial charge in [0.2, 0.25) is 0 Å². The zero-order valence-corrected chi connectivity index (χ0v) is 34.8. The van der Waals surface area contributed by atoms with Crippen LogP contribution in [0.25, 0.3) is 44.6 Å². The summed E-state index contributed by atoms with van der Waals surface area (Å²) in [5.41, 5.74) is 8.01. The van der Waals surface area contributed by atoms with Gasteiger partial charge in [0.25, 0.3) is 0 Å². The number of hydrogen-bond donors (Lipinski definition) is 0. The summed E-state index contributed by atoms with van der Waals surface area (Å²) < 4.78 is 0. The fourth-order valence-electron chi connectivity index (χ4n) is 11.1. The van der Waals surface area contributed by atoms with Gasteiger partial charge in [-0.25, -0.2) is 19.9 Å². The maximum Gasteiger partial charge on any atom is 0.162 e. The zero-order chi connectivity index (χ0) is 39.3. The van der Waals surface area contributed by atoms with Crippen LogP contribution in [-0.4, -0.2) is 72.3 Å². The van der Waals surface area contributed by atoms with E-state index in [4.69, 9.17) is 19.9 Å². The summed E-state index contributed by atoms with van der Waals surface area (Å²) in [6, 6.07) is 32.7. The lowest BCUT2D eigenvalue weighted by molar-refractivity contribution is 0.219. The molecular formula is C50H58N8.